The number of nitrogens with two attached hydrogens (primary N) is 2. The SMILES string of the molecule is CB(O)N(c1ccc(N)cc1)c1ccc(N(B(C)O)c2ccc(N)cc2)cc1. The van der Waals surface area contributed by atoms with Crippen LogP contribution >= 0.6 is 0 Å². The Morgan fingerprint density at radius 3 is 0.964 bits per heavy atom. The Balaban J connectivity index is 1.93. The zero-order valence-corrected chi connectivity index (χ0v) is 16.0. The van der Waals surface area contributed by atoms with Gasteiger partial charge in [0.05, 0.1) is 0 Å². The van der Waals surface area contributed by atoms with E-state index >= 15 is 0 Å². The van der Waals surface area contributed by atoms with Crippen LogP contribution < -0.4 is 21.1 Å². The van der Waals surface area contributed by atoms with E-state index in [0.29, 0.717) is 11.4 Å². The van der Waals surface area contributed by atoms with E-state index in [4.69, 9.17) is 11.5 Å². The van der Waals surface area contributed by atoms with Gasteiger partial charge in [-0.25, -0.2) is 0 Å². The molecule has 0 amide bonds. The Morgan fingerprint density at radius 1 is 0.536 bits per heavy atom. The number of hydrogen-bond acceptors (Lipinski definition) is 6. The first-order valence-electron chi connectivity index (χ1n) is 9.12. The van der Waals surface area contributed by atoms with E-state index in [2.05, 4.69) is 0 Å². The van der Waals surface area contributed by atoms with Crippen molar-refractivity contribution in [1.82, 2.24) is 0 Å². The molecule has 28 heavy (non-hydrogen) atoms. The van der Waals surface area contributed by atoms with E-state index < -0.39 is 14.1 Å². The molecule has 0 heterocycles. The molecule has 0 bridgehead atoms. The maximum atomic E-state index is 10.3. The summed E-state index contributed by atoms with van der Waals surface area (Å²) >= 11 is 0. The molecule has 0 saturated heterocycles. The van der Waals surface area contributed by atoms with Gasteiger partial charge in [-0.3, -0.25) is 0 Å². The van der Waals surface area contributed by atoms with Gasteiger partial charge in [0.25, 0.3) is 0 Å². The predicted molar refractivity (Wildman–Crippen MR) is 120 cm³/mol. The van der Waals surface area contributed by atoms with Crippen molar-refractivity contribution in [2.45, 2.75) is 13.6 Å². The van der Waals surface area contributed by atoms with Crippen LogP contribution in [-0.4, -0.2) is 24.1 Å². The Labute approximate surface area is 166 Å². The van der Waals surface area contributed by atoms with Gasteiger partial charge in [0.15, 0.2) is 0 Å². The van der Waals surface area contributed by atoms with Crippen LogP contribution in [-0.2, 0) is 0 Å². The predicted octanol–water partition coefficient (Wildman–Crippen LogP) is 3.35. The third kappa shape index (κ3) is 4.24. The molecular weight excluding hydrogens is 350 g/mol. The molecule has 0 aliphatic heterocycles. The highest BCUT2D eigenvalue weighted by Crippen LogP contribution is 2.32. The second kappa shape index (κ2) is 8.29. The minimum Gasteiger partial charge on any atom is -0.432 e. The second-order valence-corrected chi connectivity index (χ2v) is 6.70. The summed E-state index contributed by atoms with van der Waals surface area (Å²) in [5.41, 5.74) is 16.2. The summed E-state index contributed by atoms with van der Waals surface area (Å²) in [6, 6.07) is 22.3. The number of benzene rings is 3. The van der Waals surface area contributed by atoms with E-state index in [1.807, 2.05) is 48.5 Å². The maximum absolute atomic E-state index is 10.3. The first-order chi connectivity index (χ1) is 13.4. The summed E-state index contributed by atoms with van der Waals surface area (Å²) in [4.78, 5) is 3.61. The zero-order valence-electron chi connectivity index (χ0n) is 16.0. The largest absolute Gasteiger partial charge is 0.432 e. The van der Waals surface area contributed by atoms with Gasteiger partial charge in [0.2, 0.25) is 0 Å². The lowest BCUT2D eigenvalue weighted by Gasteiger charge is -2.29. The quantitative estimate of drug-likeness (QED) is 0.390. The van der Waals surface area contributed by atoms with Gasteiger partial charge in [0.1, 0.15) is 0 Å². The minimum absolute atomic E-state index is 0.667. The highest BCUT2D eigenvalue weighted by atomic mass is 16.2. The van der Waals surface area contributed by atoms with Crippen LogP contribution in [0.1, 0.15) is 0 Å². The fourth-order valence-corrected chi connectivity index (χ4v) is 3.20. The van der Waals surface area contributed by atoms with Gasteiger partial charge in [-0.05, 0) is 86.4 Å². The summed E-state index contributed by atoms with van der Waals surface area (Å²) in [5, 5.41) is 20.6. The summed E-state index contributed by atoms with van der Waals surface area (Å²) in [5.74, 6) is 0. The van der Waals surface area contributed by atoms with Crippen LogP contribution in [0.15, 0.2) is 72.8 Å². The fraction of sp³-hybridized carbons (Fsp3) is 0.100. The van der Waals surface area contributed by atoms with Crippen molar-refractivity contribution in [2.75, 3.05) is 21.1 Å². The molecule has 0 aliphatic carbocycles. The fourth-order valence-electron chi connectivity index (χ4n) is 3.20. The Kier molecular flexibility index (Phi) is 5.82. The zero-order chi connectivity index (χ0) is 20.3. The van der Waals surface area contributed by atoms with Gasteiger partial charge in [-0.15, -0.1) is 0 Å². The molecule has 0 aliphatic rings. The van der Waals surface area contributed by atoms with Gasteiger partial charge in [-0.2, -0.15) is 0 Å². The smallest absolute Gasteiger partial charge is 0.414 e. The van der Waals surface area contributed by atoms with Crippen molar-refractivity contribution in [3.05, 3.63) is 72.8 Å². The van der Waals surface area contributed by atoms with Crippen molar-refractivity contribution < 1.29 is 10.0 Å². The summed E-state index contributed by atoms with van der Waals surface area (Å²) in [6.07, 6.45) is 0. The number of rotatable bonds is 6. The van der Waals surface area contributed by atoms with Crippen LogP contribution in [0.5, 0.6) is 0 Å². The van der Waals surface area contributed by atoms with Crippen LogP contribution in [0.4, 0.5) is 34.1 Å². The van der Waals surface area contributed by atoms with Crippen molar-refractivity contribution in [3.8, 4) is 0 Å². The van der Waals surface area contributed by atoms with Crippen molar-refractivity contribution in [3.63, 3.8) is 0 Å². The molecule has 0 unspecified atom stereocenters. The number of nitrogen functional groups attached to an aromatic ring is 2. The lowest BCUT2D eigenvalue weighted by Crippen LogP contribution is -2.33. The average molecular weight is 374 g/mol. The number of nitrogens with zero attached hydrogens (tertiary/aromatic N) is 2. The molecule has 142 valence electrons. The lowest BCUT2D eigenvalue weighted by atomic mass is 9.82. The molecule has 8 heteroatoms. The molecule has 6 nitrogen and oxygen atoms in total. The molecule has 3 aromatic rings. The van der Waals surface area contributed by atoms with Crippen molar-refractivity contribution in [2.24, 2.45) is 0 Å². The molecule has 3 rings (SSSR count). The second-order valence-electron chi connectivity index (χ2n) is 6.70. The first-order valence-corrected chi connectivity index (χ1v) is 9.12. The summed E-state index contributed by atoms with van der Waals surface area (Å²) in [7, 11) is -1.45. The van der Waals surface area contributed by atoms with Gasteiger partial charge in [-0.1, -0.05) is 0 Å². The van der Waals surface area contributed by atoms with E-state index in [0.717, 1.165) is 22.7 Å². The molecule has 0 saturated carbocycles. The third-order valence-corrected chi connectivity index (χ3v) is 4.50. The highest BCUT2D eigenvalue weighted by Gasteiger charge is 2.22. The van der Waals surface area contributed by atoms with E-state index in [9.17, 15) is 10.0 Å². The molecule has 0 spiro atoms. The summed E-state index contributed by atoms with van der Waals surface area (Å²) < 4.78 is 0. The maximum Gasteiger partial charge on any atom is 0.414 e. The molecule has 6 N–H and O–H groups in total. The van der Waals surface area contributed by atoms with Gasteiger partial charge >= 0.3 is 14.1 Å². The van der Waals surface area contributed by atoms with E-state index in [1.54, 1.807) is 47.5 Å². The van der Waals surface area contributed by atoms with Crippen LogP contribution in [0.2, 0.25) is 13.6 Å². The van der Waals surface area contributed by atoms with Crippen molar-refractivity contribution >= 4 is 48.2 Å². The third-order valence-electron chi connectivity index (χ3n) is 4.50. The lowest BCUT2D eigenvalue weighted by molar-refractivity contribution is 0.577. The first kappa shape index (κ1) is 19.7. The molecule has 0 atom stereocenters. The van der Waals surface area contributed by atoms with Crippen molar-refractivity contribution in [1.29, 1.82) is 0 Å². The molecular formula is C20H24B2N4O2. The Morgan fingerprint density at radius 2 is 0.750 bits per heavy atom. The minimum atomic E-state index is -0.723. The molecule has 0 aromatic heterocycles. The summed E-state index contributed by atoms with van der Waals surface area (Å²) in [6.45, 7) is 3.42. The normalized spacial score (nSPS) is 10.4. The van der Waals surface area contributed by atoms with E-state index in [1.165, 1.54) is 0 Å². The van der Waals surface area contributed by atoms with Crippen LogP contribution in [0.3, 0.4) is 0 Å². The van der Waals surface area contributed by atoms with Gasteiger partial charge in [0, 0.05) is 34.1 Å². The van der Waals surface area contributed by atoms with E-state index in [-0.39, 0.29) is 0 Å². The number of hydrogen-bond donors (Lipinski definition) is 4. The standard InChI is InChI=1S/C20H24B2N4O2/c1-21(27)25(17-7-3-15(23)4-8-17)19-11-13-20(14-12-19)26(22(2)28)18-9-5-16(24)6-10-18/h3-14,27-28H,23-24H2,1-2H3. The molecule has 3 aromatic carbocycles. The highest BCUT2D eigenvalue weighted by molar-refractivity contribution is 6.56. The van der Waals surface area contributed by atoms with Crippen LogP contribution in [0.25, 0.3) is 0 Å². The Bertz CT molecular complexity index is 824. The number of anilines is 6. The average Bonchev–Trinajstić information content (AvgIpc) is 2.66. The molecule has 0 fully saturated rings. The van der Waals surface area contributed by atoms with Crippen LogP contribution in [0, 0.1) is 0 Å². The Hall–Kier alpha value is -3.09. The molecule has 0 radical (unpaired) electrons. The topological polar surface area (TPSA) is 99.0 Å². The van der Waals surface area contributed by atoms with Gasteiger partial charge < -0.3 is 31.1 Å². The monoisotopic (exact) mass is 374 g/mol.